The number of nitrogens with one attached hydrogen (secondary N) is 1. The van der Waals surface area contributed by atoms with Crippen molar-refractivity contribution in [1.29, 1.82) is 0 Å². The molecule has 0 aliphatic rings. The van der Waals surface area contributed by atoms with Gasteiger partial charge >= 0.3 is 5.69 Å². The van der Waals surface area contributed by atoms with Crippen LogP contribution in [0.5, 0.6) is 0 Å². The number of aromatic amines is 1. The second-order valence-corrected chi connectivity index (χ2v) is 3.71. The summed E-state index contributed by atoms with van der Waals surface area (Å²) in [5.41, 5.74) is -1.07. The van der Waals surface area contributed by atoms with Gasteiger partial charge in [-0.25, -0.2) is 9.18 Å². The maximum atomic E-state index is 13.0. The van der Waals surface area contributed by atoms with Crippen LogP contribution >= 0.6 is 0 Å². The van der Waals surface area contributed by atoms with E-state index < -0.39 is 17.1 Å². The van der Waals surface area contributed by atoms with Crippen LogP contribution < -0.4 is 11.2 Å². The highest BCUT2D eigenvalue weighted by atomic mass is 19.1. The van der Waals surface area contributed by atoms with Crippen LogP contribution in [-0.2, 0) is 0 Å². The van der Waals surface area contributed by atoms with Crippen LogP contribution in [0.25, 0.3) is 16.8 Å². The van der Waals surface area contributed by atoms with Crippen molar-refractivity contribution in [2.75, 3.05) is 0 Å². The minimum absolute atomic E-state index is 0.118. The third-order valence-electron chi connectivity index (χ3n) is 2.59. The normalized spacial score (nSPS) is 10.9. The van der Waals surface area contributed by atoms with Crippen LogP contribution in [0.4, 0.5) is 4.39 Å². The molecular weight excluding hydrogens is 239 g/mol. The maximum absolute atomic E-state index is 13.0. The Kier molecular flexibility index (Phi) is 2.16. The Morgan fingerprint density at radius 1 is 1.22 bits per heavy atom. The smallest absolute Gasteiger partial charge is 0.335 e. The molecule has 18 heavy (non-hydrogen) atoms. The van der Waals surface area contributed by atoms with Gasteiger partial charge in [-0.15, -0.1) is 0 Å². The van der Waals surface area contributed by atoms with Crippen molar-refractivity contribution in [3.05, 3.63) is 63.3 Å². The van der Waals surface area contributed by atoms with Crippen molar-refractivity contribution in [1.82, 2.24) is 9.55 Å². The minimum atomic E-state index is -0.673. The van der Waals surface area contributed by atoms with E-state index in [2.05, 4.69) is 4.98 Å². The summed E-state index contributed by atoms with van der Waals surface area (Å²) in [5, 5.41) is 0.215. The maximum Gasteiger partial charge on any atom is 0.335 e. The lowest BCUT2D eigenvalue weighted by Gasteiger charge is -2.02. The van der Waals surface area contributed by atoms with Gasteiger partial charge in [-0.3, -0.25) is 4.79 Å². The summed E-state index contributed by atoms with van der Waals surface area (Å²) in [7, 11) is 0. The standard InChI is InChI=1S/C12H7FN2O3/c13-7-3-4-8-9(6-7)14-12(17)15(11(8)16)10-2-1-5-18-10/h1-6H,(H,14,17). The predicted molar refractivity (Wildman–Crippen MR) is 62.4 cm³/mol. The number of benzene rings is 1. The second kappa shape index (κ2) is 3.69. The summed E-state index contributed by atoms with van der Waals surface area (Å²) in [4.78, 5) is 26.3. The number of hydrogen-bond acceptors (Lipinski definition) is 3. The van der Waals surface area contributed by atoms with E-state index in [9.17, 15) is 14.0 Å². The van der Waals surface area contributed by atoms with Gasteiger partial charge in [-0.05, 0) is 24.3 Å². The molecule has 0 saturated carbocycles. The summed E-state index contributed by atoms with van der Waals surface area (Å²) in [6, 6.07) is 6.64. The van der Waals surface area contributed by atoms with Gasteiger partial charge < -0.3 is 9.40 Å². The molecule has 0 saturated heterocycles. The van der Waals surface area contributed by atoms with Gasteiger partial charge in [0.15, 0.2) is 0 Å². The highest BCUT2D eigenvalue weighted by molar-refractivity contribution is 5.77. The molecule has 0 bridgehead atoms. The quantitative estimate of drug-likeness (QED) is 0.705. The van der Waals surface area contributed by atoms with Crippen LogP contribution in [0, 0.1) is 5.82 Å². The molecule has 0 atom stereocenters. The summed E-state index contributed by atoms with van der Waals surface area (Å²) in [6.45, 7) is 0. The van der Waals surface area contributed by atoms with E-state index >= 15 is 0 Å². The van der Waals surface area contributed by atoms with Crippen LogP contribution in [0.15, 0.2) is 50.6 Å². The van der Waals surface area contributed by atoms with Gasteiger partial charge in [0, 0.05) is 6.07 Å². The molecule has 1 aromatic carbocycles. The number of furan rings is 1. The molecule has 0 fully saturated rings. The Hall–Kier alpha value is -2.63. The lowest BCUT2D eigenvalue weighted by molar-refractivity contribution is 0.528. The number of rotatable bonds is 1. The summed E-state index contributed by atoms with van der Waals surface area (Å²) < 4.78 is 18.9. The third kappa shape index (κ3) is 1.46. The Bertz CT molecular complexity index is 831. The molecule has 0 unspecified atom stereocenters. The fourth-order valence-corrected chi connectivity index (χ4v) is 1.79. The predicted octanol–water partition coefficient (Wildman–Crippen LogP) is 1.41. The molecule has 0 aliphatic heterocycles. The van der Waals surface area contributed by atoms with Gasteiger partial charge in [0.05, 0.1) is 17.2 Å². The average Bonchev–Trinajstić information content (AvgIpc) is 2.82. The third-order valence-corrected chi connectivity index (χ3v) is 2.59. The zero-order chi connectivity index (χ0) is 12.7. The SMILES string of the molecule is O=c1[nH]c2cc(F)ccc2c(=O)n1-c1ccco1. The number of H-pyrrole nitrogens is 1. The lowest BCUT2D eigenvalue weighted by atomic mass is 10.2. The number of aromatic nitrogens is 2. The molecule has 5 nitrogen and oxygen atoms in total. The topological polar surface area (TPSA) is 68.0 Å². The first kappa shape index (κ1) is 10.5. The molecule has 3 rings (SSSR count). The Morgan fingerprint density at radius 3 is 2.78 bits per heavy atom. The van der Waals surface area contributed by atoms with E-state index in [-0.39, 0.29) is 16.8 Å². The van der Waals surface area contributed by atoms with E-state index in [0.29, 0.717) is 0 Å². The molecule has 2 aromatic heterocycles. The Balaban J connectivity index is 2.46. The van der Waals surface area contributed by atoms with Gasteiger partial charge in [-0.1, -0.05) is 0 Å². The molecule has 0 spiro atoms. The Labute approximate surface area is 99.1 Å². The highest BCUT2D eigenvalue weighted by Crippen LogP contribution is 2.09. The van der Waals surface area contributed by atoms with E-state index in [4.69, 9.17) is 4.42 Å². The molecule has 0 radical (unpaired) electrons. The van der Waals surface area contributed by atoms with Gasteiger partial charge in [-0.2, -0.15) is 4.57 Å². The highest BCUT2D eigenvalue weighted by Gasteiger charge is 2.11. The van der Waals surface area contributed by atoms with Crippen LogP contribution in [0.1, 0.15) is 0 Å². The monoisotopic (exact) mass is 246 g/mol. The van der Waals surface area contributed by atoms with Crippen molar-refractivity contribution < 1.29 is 8.81 Å². The lowest BCUT2D eigenvalue weighted by Crippen LogP contribution is -2.33. The summed E-state index contributed by atoms with van der Waals surface area (Å²) >= 11 is 0. The molecule has 3 aromatic rings. The molecule has 90 valence electrons. The largest absolute Gasteiger partial charge is 0.448 e. The van der Waals surface area contributed by atoms with Crippen LogP contribution in [0.2, 0.25) is 0 Å². The van der Waals surface area contributed by atoms with Gasteiger partial charge in [0.25, 0.3) is 5.56 Å². The van der Waals surface area contributed by atoms with Crippen molar-refractivity contribution in [2.24, 2.45) is 0 Å². The first-order chi connectivity index (χ1) is 8.66. The summed E-state index contributed by atoms with van der Waals surface area (Å²) in [6.07, 6.45) is 1.36. The van der Waals surface area contributed by atoms with Crippen molar-refractivity contribution in [2.45, 2.75) is 0 Å². The first-order valence-electron chi connectivity index (χ1n) is 5.15. The molecule has 6 heteroatoms. The zero-order valence-corrected chi connectivity index (χ0v) is 9.01. The first-order valence-corrected chi connectivity index (χ1v) is 5.15. The molecule has 0 amide bonds. The van der Waals surface area contributed by atoms with E-state index in [0.717, 1.165) is 16.7 Å². The van der Waals surface area contributed by atoms with Gasteiger partial charge in [0.2, 0.25) is 5.88 Å². The number of hydrogen-bond donors (Lipinski definition) is 1. The second-order valence-electron chi connectivity index (χ2n) is 3.71. The van der Waals surface area contributed by atoms with Crippen molar-refractivity contribution in [3.8, 4) is 5.88 Å². The minimum Gasteiger partial charge on any atom is -0.448 e. The van der Waals surface area contributed by atoms with Crippen LogP contribution in [0.3, 0.4) is 0 Å². The molecule has 0 aliphatic carbocycles. The summed E-state index contributed by atoms with van der Waals surface area (Å²) in [5.74, 6) is -0.402. The van der Waals surface area contributed by atoms with E-state index in [1.165, 1.54) is 18.4 Å². The fourth-order valence-electron chi connectivity index (χ4n) is 1.79. The zero-order valence-electron chi connectivity index (χ0n) is 9.01. The van der Waals surface area contributed by atoms with Crippen molar-refractivity contribution in [3.63, 3.8) is 0 Å². The van der Waals surface area contributed by atoms with E-state index in [1.807, 2.05) is 0 Å². The molecule has 1 N–H and O–H groups in total. The molecule has 2 heterocycles. The number of halogens is 1. The van der Waals surface area contributed by atoms with E-state index in [1.54, 1.807) is 6.07 Å². The average molecular weight is 246 g/mol. The van der Waals surface area contributed by atoms with Gasteiger partial charge in [0.1, 0.15) is 5.82 Å². The van der Waals surface area contributed by atoms with Crippen molar-refractivity contribution >= 4 is 10.9 Å². The molecular formula is C12H7FN2O3. The number of nitrogens with zero attached hydrogens (tertiary/aromatic N) is 1. The fraction of sp³-hybridized carbons (Fsp3) is 0. The number of fused-ring (bicyclic) bond motifs is 1. The van der Waals surface area contributed by atoms with Crippen LogP contribution in [-0.4, -0.2) is 9.55 Å². The Morgan fingerprint density at radius 2 is 2.06 bits per heavy atom.